The van der Waals surface area contributed by atoms with Gasteiger partial charge in [-0.05, 0) is 52.7 Å². The molecular weight excluding hydrogens is 376 g/mol. The van der Waals surface area contributed by atoms with Crippen molar-refractivity contribution >= 4 is 39.1 Å². The van der Waals surface area contributed by atoms with Gasteiger partial charge in [-0.15, -0.1) is 0 Å². The van der Waals surface area contributed by atoms with Crippen molar-refractivity contribution in [3.05, 3.63) is 67.9 Å². The molecule has 0 amide bonds. The average molecular weight is 391 g/mol. The maximum absolute atomic E-state index is 14.3. The predicted octanol–water partition coefficient (Wildman–Crippen LogP) is 5.79. The monoisotopic (exact) mass is 389 g/mol. The smallest absolute Gasteiger partial charge is 0.142 e. The van der Waals surface area contributed by atoms with E-state index < -0.39 is 0 Å². The van der Waals surface area contributed by atoms with E-state index in [0.717, 1.165) is 12.1 Å². The van der Waals surface area contributed by atoms with Crippen molar-refractivity contribution < 1.29 is 4.39 Å². The van der Waals surface area contributed by atoms with Crippen molar-refractivity contribution in [2.75, 3.05) is 6.54 Å². The highest BCUT2D eigenvalue weighted by molar-refractivity contribution is 9.10. The van der Waals surface area contributed by atoms with Crippen LogP contribution < -0.4 is 5.32 Å². The van der Waals surface area contributed by atoms with Gasteiger partial charge in [-0.3, -0.25) is 0 Å². The number of rotatable bonds is 5. The minimum absolute atomic E-state index is 0.147. The van der Waals surface area contributed by atoms with Gasteiger partial charge in [0.2, 0.25) is 0 Å². The van der Waals surface area contributed by atoms with Gasteiger partial charge in [-0.25, -0.2) is 4.39 Å². The zero-order valence-electron chi connectivity index (χ0n) is 11.5. The molecule has 5 heteroatoms. The second-order valence-corrected chi connectivity index (χ2v) is 6.39. The lowest BCUT2D eigenvalue weighted by molar-refractivity contribution is 0.507. The summed E-state index contributed by atoms with van der Waals surface area (Å²) in [7, 11) is 0. The Hall–Kier alpha value is -0.610. The Bertz CT molecular complexity index is 634. The number of benzene rings is 2. The molecule has 0 heterocycles. The third-order valence-electron chi connectivity index (χ3n) is 3.25. The van der Waals surface area contributed by atoms with E-state index in [9.17, 15) is 4.39 Å². The number of nitrogens with one attached hydrogen (secondary N) is 1. The van der Waals surface area contributed by atoms with Crippen molar-refractivity contribution in [1.29, 1.82) is 0 Å². The number of halogens is 4. The van der Waals surface area contributed by atoms with Gasteiger partial charge in [-0.2, -0.15) is 0 Å². The van der Waals surface area contributed by atoms with Gasteiger partial charge in [0.15, 0.2) is 0 Å². The molecule has 21 heavy (non-hydrogen) atoms. The van der Waals surface area contributed by atoms with Gasteiger partial charge in [0.1, 0.15) is 5.82 Å². The van der Waals surface area contributed by atoms with Crippen LogP contribution in [-0.2, 0) is 6.42 Å². The summed E-state index contributed by atoms with van der Waals surface area (Å²) in [6.45, 7) is 2.73. The molecule has 0 saturated heterocycles. The fourth-order valence-electron chi connectivity index (χ4n) is 2.24. The summed E-state index contributed by atoms with van der Waals surface area (Å²) in [6, 6.07) is 10.5. The van der Waals surface area contributed by atoms with E-state index in [1.165, 1.54) is 0 Å². The lowest BCUT2D eigenvalue weighted by Gasteiger charge is -2.20. The van der Waals surface area contributed by atoms with Crippen LogP contribution in [0.15, 0.2) is 40.9 Å². The van der Waals surface area contributed by atoms with E-state index in [4.69, 9.17) is 23.2 Å². The normalized spacial score (nSPS) is 12.4. The van der Waals surface area contributed by atoms with Crippen LogP contribution in [0.1, 0.15) is 24.1 Å². The molecule has 0 saturated carbocycles. The third kappa shape index (κ3) is 4.19. The summed E-state index contributed by atoms with van der Waals surface area (Å²) in [5, 5.41) is 4.50. The predicted molar refractivity (Wildman–Crippen MR) is 90.7 cm³/mol. The van der Waals surface area contributed by atoms with Crippen molar-refractivity contribution in [2.45, 2.75) is 19.4 Å². The van der Waals surface area contributed by atoms with Crippen LogP contribution in [0, 0.1) is 5.82 Å². The second-order valence-electron chi connectivity index (χ2n) is 4.69. The molecular formula is C16H15BrCl2FN. The second kappa shape index (κ2) is 7.59. The lowest BCUT2D eigenvalue weighted by Crippen LogP contribution is -2.24. The first-order valence-electron chi connectivity index (χ1n) is 6.64. The van der Waals surface area contributed by atoms with Crippen LogP contribution in [0.25, 0.3) is 0 Å². The molecule has 2 rings (SSSR count). The molecule has 112 valence electrons. The Kier molecular flexibility index (Phi) is 6.06. The van der Waals surface area contributed by atoms with E-state index >= 15 is 0 Å². The molecule has 0 radical (unpaired) electrons. The third-order valence-corrected chi connectivity index (χ3v) is 4.45. The van der Waals surface area contributed by atoms with Gasteiger partial charge in [0.05, 0.1) is 4.47 Å². The van der Waals surface area contributed by atoms with Crippen molar-refractivity contribution in [3.8, 4) is 0 Å². The van der Waals surface area contributed by atoms with Gasteiger partial charge in [0, 0.05) is 21.7 Å². The van der Waals surface area contributed by atoms with Gasteiger partial charge in [-0.1, -0.05) is 48.3 Å². The summed E-state index contributed by atoms with van der Waals surface area (Å²) in [6.07, 6.45) is 0.594. The molecule has 1 N–H and O–H groups in total. The molecule has 0 spiro atoms. The number of hydrogen-bond acceptors (Lipinski definition) is 1. The van der Waals surface area contributed by atoms with Crippen LogP contribution >= 0.6 is 39.1 Å². The van der Waals surface area contributed by atoms with Gasteiger partial charge < -0.3 is 5.32 Å². The van der Waals surface area contributed by atoms with Crippen LogP contribution in [0.2, 0.25) is 10.0 Å². The molecule has 2 aromatic rings. The highest BCUT2D eigenvalue weighted by Gasteiger charge is 2.18. The van der Waals surface area contributed by atoms with Crippen LogP contribution in [0.4, 0.5) is 4.39 Å². The lowest BCUT2D eigenvalue weighted by atomic mass is 9.98. The van der Waals surface area contributed by atoms with E-state index in [0.29, 0.717) is 26.5 Å². The van der Waals surface area contributed by atoms with Gasteiger partial charge >= 0.3 is 0 Å². The molecule has 1 atom stereocenters. The average Bonchev–Trinajstić information content (AvgIpc) is 2.44. The van der Waals surface area contributed by atoms with E-state index in [-0.39, 0.29) is 11.9 Å². The number of hydrogen-bond donors (Lipinski definition) is 1. The van der Waals surface area contributed by atoms with Crippen LogP contribution in [0.5, 0.6) is 0 Å². The largest absolute Gasteiger partial charge is 0.310 e. The summed E-state index contributed by atoms with van der Waals surface area (Å²) in [4.78, 5) is 0. The minimum atomic E-state index is -0.242. The quantitative estimate of drug-likeness (QED) is 0.681. The number of likely N-dealkylation sites (N-methyl/N-ethyl adjacent to an activating group) is 1. The van der Waals surface area contributed by atoms with Crippen LogP contribution in [-0.4, -0.2) is 6.54 Å². The zero-order valence-corrected chi connectivity index (χ0v) is 14.6. The first kappa shape index (κ1) is 16.8. The Morgan fingerprint density at radius 3 is 2.67 bits per heavy atom. The molecule has 0 fully saturated rings. The van der Waals surface area contributed by atoms with E-state index in [2.05, 4.69) is 21.2 Å². The molecule has 0 aliphatic carbocycles. The molecule has 2 aromatic carbocycles. The molecule has 1 unspecified atom stereocenters. The van der Waals surface area contributed by atoms with E-state index in [1.54, 1.807) is 24.3 Å². The Labute approximate surface area is 142 Å². The van der Waals surface area contributed by atoms with Gasteiger partial charge in [0.25, 0.3) is 0 Å². The summed E-state index contributed by atoms with van der Waals surface area (Å²) in [5.74, 6) is -0.242. The van der Waals surface area contributed by atoms with Crippen molar-refractivity contribution in [1.82, 2.24) is 5.32 Å². The zero-order chi connectivity index (χ0) is 15.4. The first-order valence-corrected chi connectivity index (χ1v) is 8.19. The topological polar surface area (TPSA) is 12.0 Å². The Morgan fingerprint density at radius 2 is 2.00 bits per heavy atom. The Morgan fingerprint density at radius 1 is 1.24 bits per heavy atom. The summed E-state index contributed by atoms with van der Waals surface area (Å²) >= 11 is 15.4. The SMILES string of the molecule is CCNC(Cc1ccc(Cl)cc1Cl)c1cccc(Br)c1F. The van der Waals surface area contributed by atoms with Crippen molar-refractivity contribution in [3.63, 3.8) is 0 Å². The summed E-state index contributed by atoms with van der Waals surface area (Å²) in [5.41, 5.74) is 1.56. The minimum Gasteiger partial charge on any atom is -0.310 e. The van der Waals surface area contributed by atoms with Crippen molar-refractivity contribution in [2.24, 2.45) is 0 Å². The standard InChI is InChI=1S/C16H15BrCl2FN/c1-2-21-15(12-4-3-5-13(17)16(12)20)8-10-6-7-11(18)9-14(10)19/h3-7,9,15,21H,2,8H2,1H3. The van der Waals surface area contributed by atoms with Crippen LogP contribution in [0.3, 0.4) is 0 Å². The highest BCUT2D eigenvalue weighted by Crippen LogP contribution is 2.29. The highest BCUT2D eigenvalue weighted by atomic mass is 79.9. The molecule has 0 aliphatic rings. The molecule has 0 aromatic heterocycles. The van der Waals surface area contributed by atoms with E-state index in [1.807, 2.05) is 19.1 Å². The fraction of sp³-hybridized carbons (Fsp3) is 0.250. The maximum Gasteiger partial charge on any atom is 0.142 e. The Balaban J connectivity index is 2.33. The maximum atomic E-state index is 14.3. The summed E-state index contributed by atoms with van der Waals surface area (Å²) < 4.78 is 14.8. The first-order chi connectivity index (χ1) is 10.0. The fourth-order valence-corrected chi connectivity index (χ4v) is 3.10. The molecule has 0 aliphatic heterocycles. The molecule has 1 nitrogen and oxygen atoms in total. The molecule has 0 bridgehead atoms.